The molecule has 2 rings (SSSR count). The van der Waals surface area contributed by atoms with Crippen LogP contribution >= 0.6 is 0 Å². The maximum atomic E-state index is 13.5. The van der Waals surface area contributed by atoms with Crippen molar-refractivity contribution in [3.05, 3.63) is 65.0 Å². The molecule has 0 heterocycles. The van der Waals surface area contributed by atoms with Gasteiger partial charge in [-0.25, -0.2) is 14.3 Å². The molecule has 0 bridgehead atoms. The van der Waals surface area contributed by atoms with Crippen molar-refractivity contribution in [3.8, 4) is 5.75 Å². The number of nitrogens with two attached hydrogens (primary N) is 2. The van der Waals surface area contributed by atoms with Crippen LogP contribution in [0.5, 0.6) is 5.75 Å². The van der Waals surface area contributed by atoms with E-state index in [0.717, 1.165) is 5.56 Å². The summed E-state index contributed by atoms with van der Waals surface area (Å²) in [5.41, 5.74) is 7.95. The summed E-state index contributed by atoms with van der Waals surface area (Å²) in [4.78, 5) is 28.0. The number of amides is 2. The van der Waals surface area contributed by atoms with E-state index in [1.807, 2.05) is 26.8 Å². The third kappa shape index (κ3) is 9.84. The van der Waals surface area contributed by atoms with E-state index in [4.69, 9.17) is 10.9 Å². The van der Waals surface area contributed by atoms with Gasteiger partial charge in [0.25, 0.3) is 10.2 Å². The molecule has 3 atom stereocenters. The molecule has 0 aliphatic carbocycles. The average molecular weight is 580 g/mol. The average Bonchev–Trinajstić information content (AvgIpc) is 2.83. The van der Waals surface area contributed by atoms with E-state index in [1.54, 1.807) is 38.1 Å². The van der Waals surface area contributed by atoms with Crippen LogP contribution in [0.15, 0.2) is 42.5 Å². The van der Waals surface area contributed by atoms with E-state index in [2.05, 4.69) is 10.0 Å². The number of nitrogens with one attached hydrogen (secondary N) is 2. The molecule has 2 amide bonds. The predicted octanol–water partition coefficient (Wildman–Crippen LogP) is 1.70. The number of phenols is 1. The first-order valence-electron chi connectivity index (χ1n) is 13.1. The standard InChI is InChI=1S/C28H42FN5O5S/c1-17(2)25(34(6)27(37)23(30)15-18-7-10-20(29)11-8-18)26(36)33-21(16-32-40(31,38)39)13-19-9-12-24(35)22(14-19)28(3,4)5/h7-12,14,17,21,23,25,32,35H,13,15-16,30H2,1-6H3,(H,33,36)(H2,31,38,39)/t21-,23-,25-/m0/s1. The lowest BCUT2D eigenvalue weighted by molar-refractivity contribution is -0.141. The molecule has 7 N–H and O–H groups in total. The normalized spacial score (nSPS) is 14.4. The van der Waals surface area contributed by atoms with Crippen molar-refractivity contribution in [2.24, 2.45) is 16.8 Å². The van der Waals surface area contributed by atoms with Gasteiger partial charge in [0, 0.05) is 19.6 Å². The molecular weight excluding hydrogens is 537 g/mol. The van der Waals surface area contributed by atoms with Gasteiger partial charge in [-0.15, -0.1) is 0 Å². The van der Waals surface area contributed by atoms with E-state index < -0.39 is 46.0 Å². The van der Waals surface area contributed by atoms with Crippen molar-refractivity contribution in [2.75, 3.05) is 13.6 Å². The van der Waals surface area contributed by atoms with E-state index in [9.17, 15) is 27.5 Å². The second-order valence-corrected chi connectivity index (χ2v) is 12.9. The van der Waals surface area contributed by atoms with Crippen LogP contribution in [-0.4, -0.2) is 62.0 Å². The van der Waals surface area contributed by atoms with Crippen molar-refractivity contribution in [1.29, 1.82) is 0 Å². The Morgan fingerprint density at radius 1 is 1.05 bits per heavy atom. The third-order valence-corrected chi connectivity index (χ3v) is 7.15. The van der Waals surface area contributed by atoms with Crippen molar-refractivity contribution >= 4 is 22.0 Å². The Hall–Kier alpha value is -3.06. The smallest absolute Gasteiger partial charge is 0.274 e. The molecule has 0 unspecified atom stereocenters. The van der Waals surface area contributed by atoms with Crippen LogP contribution < -0.4 is 20.9 Å². The molecule has 0 aliphatic rings. The van der Waals surface area contributed by atoms with Gasteiger partial charge in [-0.2, -0.15) is 8.42 Å². The van der Waals surface area contributed by atoms with E-state index in [0.29, 0.717) is 11.1 Å². The van der Waals surface area contributed by atoms with Crippen LogP contribution in [0.4, 0.5) is 4.39 Å². The lowest BCUT2D eigenvalue weighted by atomic mass is 9.84. The zero-order chi connectivity index (χ0) is 30.4. The van der Waals surface area contributed by atoms with Crippen LogP contribution in [0.3, 0.4) is 0 Å². The maximum Gasteiger partial charge on any atom is 0.274 e. The third-order valence-electron chi connectivity index (χ3n) is 6.58. The molecule has 12 heteroatoms. The minimum Gasteiger partial charge on any atom is -0.508 e. The number of phenolic OH excluding ortho intramolecular Hbond substituents is 1. The number of carbonyl (C=O) groups is 2. The van der Waals surface area contributed by atoms with Gasteiger partial charge < -0.3 is 21.1 Å². The Kier molecular flexibility index (Phi) is 11.2. The fourth-order valence-electron chi connectivity index (χ4n) is 4.56. The van der Waals surface area contributed by atoms with Crippen molar-refractivity contribution in [3.63, 3.8) is 0 Å². The van der Waals surface area contributed by atoms with Gasteiger partial charge in [-0.1, -0.05) is 58.9 Å². The van der Waals surface area contributed by atoms with E-state index >= 15 is 0 Å². The summed E-state index contributed by atoms with van der Waals surface area (Å²) < 4.78 is 38.7. The SMILES string of the molecule is CC(C)[C@@H](C(=O)N[C@H](CNS(N)(=O)=O)Cc1ccc(O)c(C(C)(C)C)c1)N(C)C(=O)[C@@H](N)Cc1ccc(F)cc1. The van der Waals surface area contributed by atoms with E-state index in [-0.39, 0.29) is 36.5 Å². The van der Waals surface area contributed by atoms with Gasteiger partial charge in [0.05, 0.1) is 6.04 Å². The van der Waals surface area contributed by atoms with Gasteiger partial charge in [-0.3, -0.25) is 9.59 Å². The zero-order valence-electron chi connectivity index (χ0n) is 23.9. The zero-order valence-corrected chi connectivity index (χ0v) is 24.8. The second kappa shape index (κ2) is 13.5. The Bertz CT molecular complexity index is 1280. The number of hydrogen-bond donors (Lipinski definition) is 5. The van der Waals surface area contributed by atoms with Crippen LogP contribution in [0.25, 0.3) is 0 Å². The molecule has 222 valence electrons. The molecule has 10 nitrogen and oxygen atoms in total. The molecule has 0 aromatic heterocycles. The van der Waals surface area contributed by atoms with E-state index in [1.165, 1.54) is 24.1 Å². The molecule has 40 heavy (non-hydrogen) atoms. The van der Waals surface area contributed by atoms with Crippen LogP contribution in [0, 0.1) is 11.7 Å². The summed E-state index contributed by atoms with van der Waals surface area (Å²) in [6, 6.07) is 8.16. The summed E-state index contributed by atoms with van der Waals surface area (Å²) in [6.07, 6.45) is 0.387. The van der Waals surface area contributed by atoms with Crippen LogP contribution in [0.2, 0.25) is 0 Å². The van der Waals surface area contributed by atoms with Gasteiger partial charge >= 0.3 is 0 Å². The highest BCUT2D eigenvalue weighted by molar-refractivity contribution is 7.87. The molecule has 0 fully saturated rings. The summed E-state index contributed by atoms with van der Waals surface area (Å²) in [7, 11) is -2.55. The molecule has 2 aromatic carbocycles. The number of likely N-dealkylation sites (N-methyl/N-ethyl adjacent to an activating group) is 1. The molecule has 0 aliphatic heterocycles. The Labute approximate surface area is 236 Å². The number of carbonyl (C=O) groups excluding carboxylic acids is 2. The topological polar surface area (TPSA) is 168 Å². The fourth-order valence-corrected chi connectivity index (χ4v) is 4.99. The number of benzene rings is 2. The lowest BCUT2D eigenvalue weighted by Gasteiger charge is -2.33. The summed E-state index contributed by atoms with van der Waals surface area (Å²) in [5, 5.41) is 18.3. The Balaban J connectivity index is 2.25. The minimum absolute atomic E-state index is 0.136. The van der Waals surface area contributed by atoms with Gasteiger partial charge in [0.15, 0.2) is 0 Å². The monoisotopic (exact) mass is 579 g/mol. The number of hydrogen-bond acceptors (Lipinski definition) is 6. The van der Waals surface area contributed by atoms with Gasteiger partial charge in [0.1, 0.15) is 17.6 Å². The molecule has 0 saturated heterocycles. The molecular formula is C28H42FN5O5S. The highest BCUT2D eigenvalue weighted by atomic mass is 32.2. The number of aromatic hydroxyl groups is 1. The van der Waals surface area contributed by atoms with Crippen molar-refractivity contribution in [2.45, 2.75) is 71.0 Å². The molecule has 0 saturated carbocycles. The largest absolute Gasteiger partial charge is 0.508 e. The second-order valence-electron chi connectivity index (χ2n) is 11.5. The number of rotatable bonds is 12. The molecule has 2 aromatic rings. The van der Waals surface area contributed by atoms with Gasteiger partial charge in [-0.05, 0) is 59.1 Å². The summed E-state index contributed by atoms with van der Waals surface area (Å²) in [6.45, 7) is 9.24. The Morgan fingerprint density at radius 2 is 1.62 bits per heavy atom. The van der Waals surface area contributed by atoms with Crippen molar-refractivity contribution < 1.29 is 27.5 Å². The van der Waals surface area contributed by atoms with Gasteiger partial charge in [0.2, 0.25) is 11.8 Å². The molecule has 0 radical (unpaired) electrons. The summed E-state index contributed by atoms with van der Waals surface area (Å²) in [5.74, 6) is -1.52. The first-order valence-corrected chi connectivity index (χ1v) is 14.6. The first-order chi connectivity index (χ1) is 18.4. The highest BCUT2D eigenvalue weighted by Crippen LogP contribution is 2.31. The number of nitrogens with zero attached hydrogens (tertiary/aromatic N) is 1. The Morgan fingerprint density at radius 3 is 2.15 bits per heavy atom. The highest BCUT2D eigenvalue weighted by Gasteiger charge is 2.33. The maximum absolute atomic E-state index is 13.5. The predicted molar refractivity (Wildman–Crippen MR) is 153 cm³/mol. The minimum atomic E-state index is -4.04. The summed E-state index contributed by atoms with van der Waals surface area (Å²) >= 11 is 0. The quantitative estimate of drug-likeness (QED) is 0.257. The fraction of sp³-hybridized carbons (Fsp3) is 0.500. The first kappa shape index (κ1) is 33.1. The van der Waals surface area contributed by atoms with Crippen molar-refractivity contribution in [1.82, 2.24) is 14.9 Å². The van der Waals surface area contributed by atoms with Crippen LogP contribution in [0.1, 0.15) is 51.3 Å². The lowest BCUT2D eigenvalue weighted by Crippen LogP contribution is -2.57. The number of halogens is 1. The molecule has 0 spiro atoms. The van der Waals surface area contributed by atoms with Crippen LogP contribution in [-0.2, 0) is 38.1 Å².